The van der Waals surface area contributed by atoms with E-state index in [2.05, 4.69) is 0 Å². The average Bonchev–Trinajstić information content (AvgIpc) is 2.94. The fourth-order valence-corrected chi connectivity index (χ4v) is 1.76. The summed E-state index contributed by atoms with van der Waals surface area (Å²) < 4.78 is 18.5. The maximum atomic E-state index is 13.4. The minimum Gasteiger partial charge on any atom is -0.479 e. The molecule has 15 heavy (non-hydrogen) atoms. The molecule has 1 aromatic rings. The molecule has 3 nitrogen and oxygen atoms in total. The lowest BCUT2D eigenvalue weighted by Gasteiger charge is -2.03. The molecule has 1 aliphatic heterocycles. The molecule has 2 unspecified atom stereocenters. The first kappa shape index (κ1) is 10.1. The molecule has 0 saturated carbocycles. The van der Waals surface area contributed by atoms with Crippen molar-refractivity contribution >= 4 is 5.97 Å². The van der Waals surface area contributed by atoms with Crippen LogP contribution in [0.25, 0.3) is 0 Å². The van der Waals surface area contributed by atoms with Crippen molar-refractivity contribution in [2.45, 2.75) is 25.0 Å². The van der Waals surface area contributed by atoms with Crippen LogP contribution in [0.5, 0.6) is 0 Å². The fourth-order valence-electron chi connectivity index (χ4n) is 1.76. The van der Waals surface area contributed by atoms with Crippen LogP contribution in [0.15, 0.2) is 24.3 Å². The van der Waals surface area contributed by atoms with E-state index in [1.807, 2.05) is 0 Å². The molecule has 1 fully saturated rings. The third-order valence-electron chi connectivity index (χ3n) is 2.77. The molecule has 2 rings (SSSR count). The molecule has 1 heterocycles. The zero-order valence-corrected chi connectivity index (χ0v) is 8.24. The van der Waals surface area contributed by atoms with Crippen LogP contribution in [0.4, 0.5) is 4.39 Å². The van der Waals surface area contributed by atoms with E-state index in [4.69, 9.17) is 9.84 Å². The number of epoxide rings is 1. The highest BCUT2D eigenvalue weighted by atomic mass is 19.1. The van der Waals surface area contributed by atoms with Gasteiger partial charge in [0.05, 0.1) is 0 Å². The maximum Gasteiger partial charge on any atom is 0.339 e. The van der Waals surface area contributed by atoms with Crippen LogP contribution < -0.4 is 0 Å². The standard InChI is InChI=1S/C11H11FO3/c1-2-11(10(13)14)9(15-11)7-5-3-4-6-8(7)12/h3-6,9H,2H2,1H3,(H,13,14). The second-order valence-electron chi connectivity index (χ2n) is 3.57. The van der Waals surface area contributed by atoms with Gasteiger partial charge in [-0.2, -0.15) is 0 Å². The second-order valence-corrected chi connectivity index (χ2v) is 3.57. The van der Waals surface area contributed by atoms with Crippen molar-refractivity contribution in [3.63, 3.8) is 0 Å². The highest BCUT2D eigenvalue weighted by Gasteiger charge is 2.63. The molecule has 2 atom stereocenters. The molecule has 4 heteroatoms. The monoisotopic (exact) mass is 210 g/mol. The maximum absolute atomic E-state index is 13.4. The summed E-state index contributed by atoms with van der Waals surface area (Å²) >= 11 is 0. The first-order valence-corrected chi connectivity index (χ1v) is 4.77. The van der Waals surface area contributed by atoms with Crippen LogP contribution in [-0.2, 0) is 9.53 Å². The Balaban J connectivity index is 2.30. The van der Waals surface area contributed by atoms with Crippen molar-refractivity contribution in [3.8, 4) is 0 Å². The number of hydrogen-bond donors (Lipinski definition) is 1. The number of hydrogen-bond acceptors (Lipinski definition) is 2. The van der Waals surface area contributed by atoms with Crippen molar-refractivity contribution in [2.75, 3.05) is 0 Å². The third-order valence-corrected chi connectivity index (χ3v) is 2.77. The summed E-state index contributed by atoms with van der Waals surface area (Å²) in [5, 5.41) is 8.98. The van der Waals surface area contributed by atoms with Gasteiger partial charge >= 0.3 is 5.97 Å². The first-order valence-electron chi connectivity index (χ1n) is 4.77. The van der Waals surface area contributed by atoms with E-state index in [-0.39, 0.29) is 0 Å². The summed E-state index contributed by atoms with van der Waals surface area (Å²) in [5.41, 5.74) is -0.899. The molecule has 1 aromatic carbocycles. The zero-order valence-electron chi connectivity index (χ0n) is 8.24. The molecule has 0 aromatic heterocycles. The second kappa shape index (κ2) is 3.31. The van der Waals surface area contributed by atoms with Crippen molar-refractivity contribution in [1.82, 2.24) is 0 Å². The Morgan fingerprint density at radius 3 is 2.73 bits per heavy atom. The Labute approximate surface area is 86.5 Å². The van der Waals surface area contributed by atoms with Gasteiger partial charge in [-0.15, -0.1) is 0 Å². The van der Waals surface area contributed by atoms with E-state index in [1.54, 1.807) is 25.1 Å². The highest BCUT2D eigenvalue weighted by Crippen LogP contribution is 2.52. The van der Waals surface area contributed by atoms with E-state index in [1.165, 1.54) is 6.07 Å². The van der Waals surface area contributed by atoms with E-state index in [0.717, 1.165) is 0 Å². The largest absolute Gasteiger partial charge is 0.479 e. The molecular formula is C11H11FO3. The molecule has 0 radical (unpaired) electrons. The van der Waals surface area contributed by atoms with Gasteiger partial charge in [-0.25, -0.2) is 9.18 Å². The average molecular weight is 210 g/mol. The number of rotatable bonds is 3. The fraction of sp³-hybridized carbons (Fsp3) is 0.364. The van der Waals surface area contributed by atoms with Crippen molar-refractivity contribution < 1.29 is 19.0 Å². The minimum absolute atomic E-state index is 0.321. The number of ether oxygens (including phenoxy) is 1. The molecule has 1 saturated heterocycles. The Kier molecular flexibility index (Phi) is 2.23. The smallest absolute Gasteiger partial charge is 0.339 e. The summed E-state index contributed by atoms with van der Waals surface area (Å²) in [4.78, 5) is 11.0. The summed E-state index contributed by atoms with van der Waals surface area (Å²) in [7, 11) is 0. The number of carboxylic acids is 1. The van der Waals surface area contributed by atoms with Crippen LogP contribution in [0, 0.1) is 5.82 Å². The van der Waals surface area contributed by atoms with Gasteiger partial charge < -0.3 is 9.84 Å². The Hall–Kier alpha value is -1.42. The predicted molar refractivity (Wildman–Crippen MR) is 50.9 cm³/mol. The van der Waals surface area contributed by atoms with E-state index in [9.17, 15) is 9.18 Å². The molecule has 0 aliphatic carbocycles. The van der Waals surface area contributed by atoms with Gasteiger partial charge in [-0.3, -0.25) is 0 Å². The summed E-state index contributed by atoms with van der Waals surface area (Å²) in [5.74, 6) is -1.45. The topological polar surface area (TPSA) is 49.8 Å². The van der Waals surface area contributed by atoms with E-state index in [0.29, 0.717) is 12.0 Å². The SMILES string of the molecule is CCC1(C(=O)O)OC1c1ccccc1F. The lowest BCUT2D eigenvalue weighted by Crippen LogP contribution is -2.23. The third kappa shape index (κ3) is 1.41. The molecular weight excluding hydrogens is 199 g/mol. The van der Waals surface area contributed by atoms with Crippen LogP contribution in [0.3, 0.4) is 0 Å². The summed E-state index contributed by atoms with van der Waals surface area (Å²) in [6.45, 7) is 1.72. The van der Waals surface area contributed by atoms with E-state index >= 15 is 0 Å². The van der Waals surface area contributed by atoms with Gasteiger partial charge in [-0.1, -0.05) is 25.1 Å². The lowest BCUT2D eigenvalue weighted by molar-refractivity contribution is -0.143. The lowest BCUT2D eigenvalue weighted by atomic mass is 9.97. The van der Waals surface area contributed by atoms with Crippen LogP contribution >= 0.6 is 0 Å². The van der Waals surface area contributed by atoms with Gasteiger partial charge in [0.2, 0.25) is 0 Å². The van der Waals surface area contributed by atoms with Crippen LogP contribution in [-0.4, -0.2) is 16.7 Å². The van der Waals surface area contributed by atoms with Gasteiger partial charge in [0.25, 0.3) is 0 Å². The zero-order chi connectivity index (χ0) is 11.1. The summed E-state index contributed by atoms with van der Waals surface area (Å²) in [6.07, 6.45) is -0.317. The number of carbonyl (C=O) groups is 1. The van der Waals surface area contributed by atoms with Gasteiger partial charge in [0, 0.05) is 5.56 Å². The van der Waals surface area contributed by atoms with Crippen LogP contribution in [0.2, 0.25) is 0 Å². The minimum atomic E-state index is -1.22. The molecule has 0 amide bonds. The van der Waals surface area contributed by atoms with E-state index < -0.39 is 23.5 Å². The van der Waals surface area contributed by atoms with Crippen molar-refractivity contribution in [1.29, 1.82) is 0 Å². The molecule has 0 spiro atoms. The van der Waals surface area contributed by atoms with Crippen LogP contribution in [0.1, 0.15) is 25.0 Å². The van der Waals surface area contributed by atoms with Gasteiger partial charge in [0.15, 0.2) is 5.60 Å². The van der Waals surface area contributed by atoms with Crippen molar-refractivity contribution in [2.24, 2.45) is 0 Å². The molecule has 1 N–H and O–H groups in total. The Morgan fingerprint density at radius 2 is 2.27 bits per heavy atom. The Bertz CT molecular complexity index is 405. The number of halogens is 1. The van der Waals surface area contributed by atoms with Gasteiger partial charge in [0.1, 0.15) is 11.9 Å². The normalized spacial score (nSPS) is 28.8. The quantitative estimate of drug-likeness (QED) is 0.777. The molecule has 0 bridgehead atoms. The number of benzene rings is 1. The van der Waals surface area contributed by atoms with Gasteiger partial charge in [-0.05, 0) is 12.5 Å². The Morgan fingerprint density at radius 1 is 1.60 bits per heavy atom. The van der Waals surface area contributed by atoms with Crippen molar-refractivity contribution in [3.05, 3.63) is 35.6 Å². The first-order chi connectivity index (χ1) is 7.12. The molecule has 80 valence electrons. The highest BCUT2D eigenvalue weighted by molar-refractivity contribution is 5.81. The number of aliphatic carboxylic acids is 1. The predicted octanol–water partition coefficient (Wildman–Crippen LogP) is 2.13. The summed E-state index contributed by atoms with van der Waals surface area (Å²) in [6, 6.07) is 6.09. The number of carboxylic acid groups (broad SMARTS) is 1. The molecule has 1 aliphatic rings.